The van der Waals surface area contributed by atoms with Gasteiger partial charge in [-0.1, -0.05) is 13.8 Å². The highest BCUT2D eigenvalue weighted by Gasteiger charge is 2.04. The van der Waals surface area contributed by atoms with Crippen LogP contribution in [-0.4, -0.2) is 21.8 Å². The molecule has 1 rings (SSSR count). The van der Waals surface area contributed by atoms with E-state index in [-0.39, 0.29) is 5.25 Å². The summed E-state index contributed by atoms with van der Waals surface area (Å²) in [6.45, 7) is 4.30. The van der Waals surface area contributed by atoms with E-state index in [9.17, 15) is 4.21 Å². The molecule has 0 saturated carbocycles. The number of nitriles is 1. The van der Waals surface area contributed by atoms with E-state index in [1.54, 1.807) is 24.3 Å². The summed E-state index contributed by atoms with van der Waals surface area (Å²) >= 11 is 0. The van der Waals surface area contributed by atoms with Crippen molar-refractivity contribution in [1.29, 1.82) is 5.26 Å². The lowest BCUT2D eigenvalue weighted by Crippen LogP contribution is -2.15. The summed E-state index contributed by atoms with van der Waals surface area (Å²) in [6.07, 6.45) is 0. The highest BCUT2D eigenvalue weighted by molar-refractivity contribution is 7.85. The van der Waals surface area contributed by atoms with Gasteiger partial charge in [0, 0.05) is 16.0 Å². The topological polar surface area (TPSA) is 50.1 Å². The van der Waals surface area contributed by atoms with Gasteiger partial charge in [0.05, 0.1) is 24.0 Å². The Morgan fingerprint density at radius 2 is 2.00 bits per heavy atom. The number of hydrogen-bond acceptors (Lipinski definition) is 3. The Hall–Kier alpha value is -1.34. The van der Waals surface area contributed by atoms with Crippen molar-refractivity contribution >= 4 is 10.8 Å². The summed E-state index contributed by atoms with van der Waals surface area (Å²) in [4.78, 5) is 0. The van der Waals surface area contributed by atoms with Crippen molar-refractivity contribution in [3.63, 3.8) is 0 Å². The predicted octanol–water partition coefficient (Wildman–Crippen LogP) is 2.09. The fourth-order valence-corrected chi connectivity index (χ4v) is 1.82. The average molecular weight is 237 g/mol. The van der Waals surface area contributed by atoms with Gasteiger partial charge in [0.2, 0.25) is 0 Å². The van der Waals surface area contributed by atoms with Gasteiger partial charge in [-0.15, -0.1) is 0 Å². The molecule has 0 amide bonds. The molecule has 3 nitrogen and oxygen atoms in total. The molecule has 0 aliphatic rings. The van der Waals surface area contributed by atoms with Gasteiger partial charge in [0.1, 0.15) is 5.75 Å². The standard InChI is InChI=1S/C12H15NO2S/c1-10(2)16(14)8-7-15-12-5-3-11(9-13)4-6-12/h3-6,10H,7-8H2,1-2H3. The van der Waals surface area contributed by atoms with E-state index < -0.39 is 10.8 Å². The first-order valence-corrected chi connectivity index (χ1v) is 6.52. The lowest BCUT2D eigenvalue weighted by molar-refractivity contribution is 0.342. The maximum Gasteiger partial charge on any atom is 0.119 e. The molecule has 0 heterocycles. The molecule has 1 aromatic rings. The third-order valence-corrected chi connectivity index (χ3v) is 3.68. The zero-order chi connectivity index (χ0) is 12.0. The van der Waals surface area contributed by atoms with Crippen molar-refractivity contribution in [2.75, 3.05) is 12.4 Å². The first-order valence-electron chi connectivity index (χ1n) is 5.13. The van der Waals surface area contributed by atoms with Crippen LogP contribution in [-0.2, 0) is 10.8 Å². The van der Waals surface area contributed by atoms with Crippen molar-refractivity contribution in [1.82, 2.24) is 0 Å². The number of ether oxygens (including phenoxy) is 1. The molecule has 4 heteroatoms. The predicted molar refractivity (Wildman–Crippen MR) is 64.8 cm³/mol. The zero-order valence-corrected chi connectivity index (χ0v) is 10.3. The van der Waals surface area contributed by atoms with Crippen LogP contribution in [0.1, 0.15) is 19.4 Å². The van der Waals surface area contributed by atoms with Gasteiger partial charge < -0.3 is 4.74 Å². The molecule has 0 aliphatic carbocycles. The Morgan fingerprint density at radius 1 is 1.38 bits per heavy atom. The third kappa shape index (κ3) is 4.03. The fourth-order valence-electron chi connectivity index (χ4n) is 1.10. The van der Waals surface area contributed by atoms with Gasteiger partial charge in [-0.25, -0.2) is 0 Å². The highest BCUT2D eigenvalue weighted by Crippen LogP contribution is 2.11. The number of nitrogens with zero attached hydrogens (tertiary/aromatic N) is 1. The van der Waals surface area contributed by atoms with Crippen LogP contribution in [0.2, 0.25) is 0 Å². The summed E-state index contributed by atoms with van der Waals surface area (Å²) in [6, 6.07) is 8.94. The number of rotatable bonds is 5. The first kappa shape index (κ1) is 12.7. The lowest BCUT2D eigenvalue weighted by Gasteiger charge is -2.07. The molecule has 1 aromatic carbocycles. The van der Waals surface area contributed by atoms with E-state index in [4.69, 9.17) is 10.00 Å². The van der Waals surface area contributed by atoms with Crippen LogP contribution >= 0.6 is 0 Å². The van der Waals surface area contributed by atoms with Crippen molar-refractivity contribution in [3.05, 3.63) is 29.8 Å². The molecule has 0 aliphatic heterocycles. The van der Waals surface area contributed by atoms with Gasteiger partial charge in [0.15, 0.2) is 0 Å². The van der Waals surface area contributed by atoms with Crippen molar-refractivity contribution in [2.45, 2.75) is 19.1 Å². The minimum absolute atomic E-state index is 0.171. The van der Waals surface area contributed by atoms with E-state index in [2.05, 4.69) is 0 Å². The maximum absolute atomic E-state index is 11.4. The SMILES string of the molecule is CC(C)S(=O)CCOc1ccc(C#N)cc1. The molecule has 16 heavy (non-hydrogen) atoms. The molecule has 0 bridgehead atoms. The third-order valence-electron chi connectivity index (χ3n) is 2.06. The summed E-state index contributed by atoms with van der Waals surface area (Å²) in [7, 11) is -0.829. The summed E-state index contributed by atoms with van der Waals surface area (Å²) in [5.41, 5.74) is 0.609. The molecule has 0 aromatic heterocycles. The number of hydrogen-bond donors (Lipinski definition) is 0. The Bertz CT molecular complexity index is 392. The summed E-state index contributed by atoms with van der Waals surface area (Å²) < 4.78 is 16.8. The van der Waals surface area contributed by atoms with Crippen molar-refractivity contribution < 1.29 is 8.95 Å². The van der Waals surface area contributed by atoms with E-state index >= 15 is 0 Å². The zero-order valence-electron chi connectivity index (χ0n) is 9.47. The normalized spacial score (nSPS) is 12.1. The van der Waals surface area contributed by atoms with Crippen LogP contribution in [0.5, 0.6) is 5.75 Å². The molecular formula is C12H15NO2S. The summed E-state index contributed by atoms with van der Waals surface area (Å²) in [5, 5.41) is 8.78. The van der Waals surface area contributed by atoms with E-state index in [1.807, 2.05) is 19.9 Å². The quantitative estimate of drug-likeness (QED) is 0.788. The molecule has 0 fully saturated rings. The maximum atomic E-state index is 11.4. The van der Waals surface area contributed by atoms with Gasteiger partial charge in [0.25, 0.3) is 0 Å². The van der Waals surface area contributed by atoms with Crippen molar-refractivity contribution in [3.8, 4) is 11.8 Å². The minimum atomic E-state index is -0.829. The average Bonchev–Trinajstić information content (AvgIpc) is 2.29. The molecule has 0 spiro atoms. The second-order valence-electron chi connectivity index (χ2n) is 3.62. The summed E-state index contributed by atoms with van der Waals surface area (Å²) in [5.74, 6) is 1.25. The second kappa shape index (κ2) is 6.29. The Labute approximate surface area is 98.5 Å². The van der Waals surface area contributed by atoms with Crippen molar-refractivity contribution in [2.24, 2.45) is 0 Å². The van der Waals surface area contributed by atoms with Gasteiger partial charge in [-0.3, -0.25) is 4.21 Å². The molecule has 86 valence electrons. The van der Waals surface area contributed by atoms with Gasteiger partial charge in [-0.2, -0.15) is 5.26 Å². The second-order valence-corrected chi connectivity index (χ2v) is 5.73. The van der Waals surface area contributed by atoms with Gasteiger partial charge in [-0.05, 0) is 24.3 Å². The first-order chi connectivity index (χ1) is 7.63. The molecule has 1 unspecified atom stereocenters. The van der Waals surface area contributed by atoms with Crippen LogP contribution in [0.15, 0.2) is 24.3 Å². The number of benzene rings is 1. The Balaban J connectivity index is 2.38. The van der Waals surface area contributed by atoms with Crippen LogP contribution in [0, 0.1) is 11.3 Å². The molecule has 0 N–H and O–H groups in total. The molecule has 1 atom stereocenters. The van der Waals surface area contributed by atoms with Crippen LogP contribution in [0.25, 0.3) is 0 Å². The Morgan fingerprint density at radius 3 is 2.50 bits per heavy atom. The minimum Gasteiger partial charge on any atom is -0.493 e. The lowest BCUT2D eigenvalue weighted by atomic mass is 10.2. The molecule has 0 saturated heterocycles. The highest BCUT2D eigenvalue weighted by atomic mass is 32.2. The van der Waals surface area contributed by atoms with E-state index in [0.717, 1.165) is 0 Å². The molecule has 0 radical (unpaired) electrons. The van der Waals surface area contributed by atoms with Crippen LogP contribution < -0.4 is 4.74 Å². The van der Waals surface area contributed by atoms with E-state index in [0.29, 0.717) is 23.7 Å². The Kier molecular flexibility index (Phi) is 5.00. The fraction of sp³-hybridized carbons (Fsp3) is 0.417. The largest absolute Gasteiger partial charge is 0.493 e. The van der Waals surface area contributed by atoms with Crippen LogP contribution in [0.4, 0.5) is 0 Å². The van der Waals surface area contributed by atoms with Gasteiger partial charge >= 0.3 is 0 Å². The smallest absolute Gasteiger partial charge is 0.119 e. The monoisotopic (exact) mass is 237 g/mol. The van der Waals surface area contributed by atoms with Crippen LogP contribution in [0.3, 0.4) is 0 Å². The molecular weight excluding hydrogens is 222 g/mol. The van der Waals surface area contributed by atoms with E-state index in [1.165, 1.54) is 0 Å².